The van der Waals surface area contributed by atoms with Gasteiger partial charge in [-0.25, -0.2) is 0 Å². The molecule has 1 fully saturated rings. The Hall–Kier alpha value is -3.25. The van der Waals surface area contributed by atoms with Gasteiger partial charge in [0.05, 0.1) is 30.7 Å². The lowest BCUT2D eigenvalue weighted by molar-refractivity contribution is -0.147. The summed E-state index contributed by atoms with van der Waals surface area (Å²) in [5, 5.41) is 2.11. The summed E-state index contributed by atoms with van der Waals surface area (Å²) in [5.41, 5.74) is 2.59. The first-order valence-electron chi connectivity index (χ1n) is 12.5. The molecule has 1 saturated heterocycles. The normalized spacial score (nSPS) is 25.2. The van der Waals surface area contributed by atoms with Gasteiger partial charge in [0.25, 0.3) is 0 Å². The number of hydrogen-bond donors (Lipinski definition) is 0. The standard InChI is InChI=1S/C29H35N3O3/c1-5-23-24(19-27(33)35-7-3)29(34)32(25(23)6-2)22-14-17-31(18-15-22)26-12-10-8-9-11-21-13-16-30-28(26)20(21)4/h5-6,8-9,11,13,16,22,24,26H,1-2,4,7,10,12,14-15,17-19H2,3H3/b9-8-,21-11-. The molecule has 3 heterocycles. The summed E-state index contributed by atoms with van der Waals surface area (Å²) in [7, 11) is 0. The van der Waals surface area contributed by atoms with Crippen LogP contribution in [0.5, 0.6) is 0 Å². The number of likely N-dealkylation sites (tertiary alicyclic amines) is 1. The number of piperidine rings is 1. The molecule has 0 spiro atoms. The van der Waals surface area contributed by atoms with Crippen molar-refractivity contribution in [3.63, 3.8) is 0 Å². The molecule has 0 aromatic carbocycles. The van der Waals surface area contributed by atoms with Gasteiger partial charge in [-0.1, -0.05) is 44.0 Å². The summed E-state index contributed by atoms with van der Waals surface area (Å²) in [6.45, 7) is 16.0. The number of fused-ring (bicyclic) bond motifs is 2. The number of rotatable bonds is 7. The zero-order chi connectivity index (χ0) is 24.9. The van der Waals surface area contributed by atoms with Crippen LogP contribution in [0.2, 0.25) is 0 Å². The fourth-order valence-electron chi connectivity index (χ4n) is 5.60. The molecule has 2 bridgehead atoms. The molecule has 6 heteroatoms. The zero-order valence-corrected chi connectivity index (χ0v) is 20.6. The first-order chi connectivity index (χ1) is 17.0. The second-order valence-electron chi connectivity index (χ2n) is 9.24. The Kier molecular flexibility index (Phi) is 7.81. The van der Waals surface area contributed by atoms with Crippen molar-refractivity contribution in [2.24, 2.45) is 5.92 Å². The largest absolute Gasteiger partial charge is 0.466 e. The minimum absolute atomic E-state index is 0.0294. The van der Waals surface area contributed by atoms with Crippen molar-refractivity contribution in [2.75, 3.05) is 19.7 Å². The third kappa shape index (κ3) is 4.94. The molecule has 0 N–H and O–H groups in total. The molecule has 184 valence electrons. The maximum atomic E-state index is 13.5. The lowest BCUT2D eigenvalue weighted by Gasteiger charge is -2.41. The van der Waals surface area contributed by atoms with Crippen molar-refractivity contribution in [3.05, 3.63) is 77.1 Å². The first-order valence-corrected chi connectivity index (χ1v) is 12.5. The van der Waals surface area contributed by atoms with Gasteiger partial charge in [0, 0.05) is 31.0 Å². The van der Waals surface area contributed by atoms with Crippen LogP contribution in [0.4, 0.5) is 0 Å². The zero-order valence-electron chi connectivity index (χ0n) is 20.6. The summed E-state index contributed by atoms with van der Waals surface area (Å²) in [6.07, 6.45) is 15.4. The molecular formula is C29H35N3O3. The lowest BCUT2D eigenvalue weighted by atomic mass is 9.96. The van der Waals surface area contributed by atoms with Crippen LogP contribution in [-0.2, 0) is 14.3 Å². The van der Waals surface area contributed by atoms with E-state index < -0.39 is 5.92 Å². The van der Waals surface area contributed by atoms with Crippen LogP contribution in [0.1, 0.15) is 50.8 Å². The van der Waals surface area contributed by atoms with E-state index in [9.17, 15) is 9.59 Å². The van der Waals surface area contributed by atoms with Crippen LogP contribution >= 0.6 is 0 Å². The SMILES string of the molecule is C=CC1=C(C=C)N(C2CCN(C3CC/C=C\C=c4\ccnc3c4=C)CC2)C(=O)C1CC(=O)OCC. The number of carbonyl (C=O) groups excluding carboxylic acids is 2. The third-order valence-electron chi connectivity index (χ3n) is 7.32. The number of nitrogens with zero attached hydrogens (tertiary/aromatic N) is 3. The Morgan fingerprint density at radius 1 is 1.23 bits per heavy atom. The highest BCUT2D eigenvalue weighted by molar-refractivity contribution is 5.92. The van der Waals surface area contributed by atoms with Crippen LogP contribution in [0.25, 0.3) is 12.7 Å². The fourth-order valence-corrected chi connectivity index (χ4v) is 5.60. The third-order valence-corrected chi connectivity index (χ3v) is 7.32. The van der Waals surface area contributed by atoms with E-state index in [-0.39, 0.29) is 30.4 Å². The average Bonchev–Trinajstić information content (AvgIpc) is 3.13. The average molecular weight is 474 g/mol. The smallest absolute Gasteiger partial charge is 0.306 e. The number of carbonyl (C=O) groups is 2. The van der Waals surface area contributed by atoms with Crippen molar-refractivity contribution in [3.8, 4) is 0 Å². The lowest BCUT2D eigenvalue weighted by Crippen LogP contribution is -2.48. The highest BCUT2D eigenvalue weighted by Crippen LogP contribution is 2.38. The van der Waals surface area contributed by atoms with Crippen molar-refractivity contribution >= 4 is 24.5 Å². The van der Waals surface area contributed by atoms with E-state index in [1.807, 2.05) is 17.2 Å². The van der Waals surface area contributed by atoms with Gasteiger partial charge in [0.15, 0.2) is 0 Å². The van der Waals surface area contributed by atoms with Crippen molar-refractivity contribution in [2.45, 2.75) is 51.1 Å². The number of aromatic nitrogens is 1. The molecule has 6 nitrogen and oxygen atoms in total. The summed E-state index contributed by atoms with van der Waals surface area (Å²) >= 11 is 0. The van der Waals surface area contributed by atoms with E-state index in [0.29, 0.717) is 6.61 Å². The molecular weight excluding hydrogens is 438 g/mol. The van der Waals surface area contributed by atoms with Gasteiger partial charge in [-0.05, 0) is 60.8 Å². The number of esters is 1. The monoisotopic (exact) mass is 473 g/mol. The molecule has 3 aliphatic rings. The summed E-state index contributed by atoms with van der Waals surface area (Å²) in [6, 6.07) is 2.26. The maximum Gasteiger partial charge on any atom is 0.306 e. The van der Waals surface area contributed by atoms with Crippen LogP contribution in [0, 0.1) is 5.92 Å². The van der Waals surface area contributed by atoms with Crippen LogP contribution in [0.15, 0.2) is 61.0 Å². The Bertz CT molecular complexity index is 1170. The molecule has 1 amide bonds. The Morgan fingerprint density at radius 3 is 2.69 bits per heavy atom. The molecule has 4 rings (SSSR count). The van der Waals surface area contributed by atoms with E-state index in [4.69, 9.17) is 9.72 Å². The van der Waals surface area contributed by atoms with Crippen molar-refractivity contribution in [1.29, 1.82) is 0 Å². The van der Waals surface area contributed by atoms with Crippen molar-refractivity contribution < 1.29 is 14.3 Å². The number of ether oxygens (including phenoxy) is 1. The molecule has 1 aliphatic carbocycles. The molecule has 1 aromatic heterocycles. The van der Waals surface area contributed by atoms with E-state index >= 15 is 0 Å². The topological polar surface area (TPSA) is 62.7 Å². The minimum Gasteiger partial charge on any atom is -0.466 e. The van der Waals surface area contributed by atoms with E-state index in [0.717, 1.165) is 66.2 Å². The highest BCUT2D eigenvalue weighted by Gasteiger charge is 2.43. The molecule has 35 heavy (non-hydrogen) atoms. The fraction of sp³-hybridized carbons (Fsp3) is 0.414. The summed E-state index contributed by atoms with van der Waals surface area (Å²) in [5.74, 6) is -0.982. The number of amides is 1. The van der Waals surface area contributed by atoms with Crippen LogP contribution in [-0.4, -0.2) is 52.4 Å². The maximum absolute atomic E-state index is 13.5. The van der Waals surface area contributed by atoms with Gasteiger partial charge in [-0.15, -0.1) is 0 Å². The molecule has 0 saturated carbocycles. The Balaban J connectivity index is 1.52. The van der Waals surface area contributed by atoms with Gasteiger partial charge in [-0.3, -0.25) is 19.5 Å². The van der Waals surface area contributed by atoms with Crippen LogP contribution < -0.4 is 10.4 Å². The second-order valence-corrected chi connectivity index (χ2v) is 9.24. The molecule has 0 radical (unpaired) electrons. The van der Waals surface area contributed by atoms with E-state index in [1.165, 1.54) is 0 Å². The quantitative estimate of drug-likeness (QED) is 0.570. The van der Waals surface area contributed by atoms with Gasteiger partial charge in [-0.2, -0.15) is 0 Å². The predicted octanol–water partition coefficient (Wildman–Crippen LogP) is 3.17. The minimum atomic E-state index is -0.560. The van der Waals surface area contributed by atoms with Gasteiger partial charge in [0.2, 0.25) is 5.91 Å². The van der Waals surface area contributed by atoms with Crippen LogP contribution in [0.3, 0.4) is 0 Å². The number of allylic oxidation sites excluding steroid dienone is 4. The molecule has 2 unspecified atom stereocenters. The van der Waals surface area contributed by atoms with Gasteiger partial charge in [0.1, 0.15) is 0 Å². The molecule has 1 aromatic rings. The summed E-state index contributed by atoms with van der Waals surface area (Å²) in [4.78, 5) is 34.7. The van der Waals surface area contributed by atoms with E-state index in [2.05, 4.69) is 42.9 Å². The number of hydrogen-bond acceptors (Lipinski definition) is 5. The number of pyridine rings is 1. The molecule has 2 aliphatic heterocycles. The van der Waals surface area contributed by atoms with Gasteiger partial charge < -0.3 is 9.64 Å². The highest BCUT2D eigenvalue weighted by atomic mass is 16.5. The van der Waals surface area contributed by atoms with Gasteiger partial charge >= 0.3 is 5.97 Å². The Labute approximate surface area is 207 Å². The first kappa shape index (κ1) is 24.9. The molecule has 2 atom stereocenters. The van der Waals surface area contributed by atoms with Crippen molar-refractivity contribution in [1.82, 2.24) is 14.8 Å². The van der Waals surface area contributed by atoms with E-state index in [1.54, 1.807) is 19.1 Å². The predicted molar refractivity (Wildman–Crippen MR) is 138 cm³/mol. The summed E-state index contributed by atoms with van der Waals surface area (Å²) < 4.78 is 5.11. The Morgan fingerprint density at radius 2 is 2.00 bits per heavy atom. The second kappa shape index (κ2) is 11.0.